The first-order valence-electron chi connectivity index (χ1n) is 6.68. The van der Waals surface area contributed by atoms with E-state index in [0.29, 0.717) is 17.2 Å². The van der Waals surface area contributed by atoms with E-state index in [1.807, 2.05) is 42.5 Å². The number of anilines is 1. The van der Waals surface area contributed by atoms with Gasteiger partial charge in [0.1, 0.15) is 12.1 Å². The molecule has 0 radical (unpaired) electrons. The fraction of sp³-hybridized carbons (Fsp3) is 0.118. The third kappa shape index (κ3) is 3.58. The summed E-state index contributed by atoms with van der Waals surface area (Å²) < 4.78 is 10.5. The van der Waals surface area contributed by atoms with Gasteiger partial charge < -0.3 is 9.47 Å². The second kappa shape index (κ2) is 7.48. The molecular weight excluding hydrogens is 292 g/mol. The number of nitrogens with one attached hydrogen (secondary N) is 1. The molecule has 0 heterocycles. The van der Waals surface area contributed by atoms with E-state index in [0.717, 1.165) is 11.1 Å². The van der Waals surface area contributed by atoms with Crippen LogP contribution < -0.4 is 14.9 Å². The van der Waals surface area contributed by atoms with Gasteiger partial charge in [0.25, 0.3) is 0 Å². The van der Waals surface area contributed by atoms with Crippen molar-refractivity contribution in [3.05, 3.63) is 42.5 Å². The first-order chi connectivity index (χ1) is 11.2. The Balaban J connectivity index is 2.44. The lowest BCUT2D eigenvalue weighted by molar-refractivity contribution is 0.355. The number of hydrogen-bond acceptors (Lipinski definition) is 6. The van der Waals surface area contributed by atoms with Crippen LogP contribution in [0, 0.1) is 22.7 Å². The molecule has 0 aromatic heterocycles. The minimum absolute atomic E-state index is 0.243. The zero-order chi connectivity index (χ0) is 16.7. The Hall–Kier alpha value is -3.51. The molecule has 114 valence electrons. The molecule has 6 heteroatoms. The minimum Gasteiger partial charge on any atom is -0.493 e. The number of rotatable bonds is 5. The van der Waals surface area contributed by atoms with Crippen LogP contribution in [-0.2, 0) is 0 Å². The molecule has 0 saturated carbocycles. The molecule has 0 aliphatic rings. The summed E-state index contributed by atoms with van der Waals surface area (Å²) >= 11 is 0. The maximum absolute atomic E-state index is 8.74. The molecule has 2 rings (SSSR count). The number of nitriles is 2. The predicted molar refractivity (Wildman–Crippen MR) is 87.3 cm³/mol. The highest BCUT2D eigenvalue weighted by Gasteiger charge is 2.09. The topological polar surface area (TPSA) is 90.4 Å². The quantitative estimate of drug-likeness (QED) is 0.676. The molecule has 0 amide bonds. The number of para-hydroxylation sites is 1. The SMILES string of the molecule is COc1ccc(-c2ccccc2NN=C(C#N)C#N)cc1OC. The summed E-state index contributed by atoms with van der Waals surface area (Å²) in [7, 11) is 3.15. The Morgan fingerprint density at radius 2 is 1.70 bits per heavy atom. The average Bonchev–Trinajstić information content (AvgIpc) is 2.62. The highest BCUT2D eigenvalue weighted by atomic mass is 16.5. The zero-order valence-electron chi connectivity index (χ0n) is 12.7. The smallest absolute Gasteiger partial charge is 0.237 e. The number of nitrogens with zero attached hydrogens (tertiary/aromatic N) is 3. The van der Waals surface area contributed by atoms with Gasteiger partial charge in [-0.3, -0.25) is 5.43 Å². The van der Waals surface area contributed by atoms with E-state index >= 15 is 0 Å². The predicted octanol–water partition coefficient (Wildman–Crippen LogP) is 3.19. The van der Waals surface area contributed by atoms with Gasteiger partial charge in [-0.15, -0.1) is 0 Å². The molecule has 1 N–H and O–H groups in total. The van der Waals surface area contributed by atoms with Gasteiger partial charge in [0.05, 0.1) is 19.9 Å². The fourth-order valence-corrected chi connectivity index (χ4v) is 2.03. The van der Waals surface area contributed by atoms with E-state index in [1.54, 1.807) is 26.4 Å². The summed E-state index contributed by atoms with van der Waals surface area (Å²) in [5.74, 6) is 1.24. The van der Waals surface area contributed by atoms with Crippen LogP contribution in [0.2, 0.25) is 0 Å². The van der Waals surface area contributed by atoms with Crippen molar-refractivity contribution in [2.75, 3.05) is 19.6 Å². The molecule has 0 aliphatic carbocycles. The Kier molecular flexibility index (Phi) is 5.16. The van der Waals surface area contributed by atoms with Gasteiger partial charge in [-0.25, -0.2) is 0 Å². The third-order valence-electron chi connectivity index (χ3n) is 3.12. The summed E-state index contributed by atoms with van der Waals surface area (Å²) in [4.78, 5) is 0. The number of ether oxygens (including phenoxy) is 2. The van der Waals surface area contributed by atoms with Gasteiger partial charge in [-0.1, -0.05) is 24.3 Å². The summed E-state index contributed by atoms with van der Waals surface area (Å²) in [6.45, 7) is 0. The van der Waals surface area contributed by atoms with Crippen molar-refractivity contribution in [2.24, 2.45) is 5.10 Å². The Morgan fingerprint density at radius 1 is 1.00 bits per heavy atom. The number of hydrogen-bond donors (Lipinski definition) is 1. The average molecular weight is 306 g/mol. The van der Waals surface area contributed by atoms with E-state index in [9.17, 15) is 0 Å². The van der Waals surface area contributed by atoms with Gasteiger partial charge in [0.15, 0.2) is 11.5 Å². The van der Waals surface area contributed by atoms with Crippen molar-refractivity contribution < 1.29 is 9.47 Å². The molecule has 23 heavy (non-hydrogen) atoms. The normalized spacial score (nSPS) is 9.22. The molecule has 2 aromatic rings. The molecule has 0 bridgehead atoms. The molecule has 0 spiro atoms. The van der Waals surface area contributed by atoms with E-state index in [2.05, 4.69) is 10.5 Å². The summed E-state index contributed by atoms with van der Waals surface area (Å²) in [5.41, 5.74) is 4.92. The fourth-order valence-electron chi connectivity index (χ4n) is 2.03. The summed E-state index contributed by atoms with van der Waals surface area (Å²) in [5, 5.41) is 21.3. The lowest BCUT2D eigenvalue weighted by Crippen LogP contribution is -1.98. The molecule has 6 nitrogen and oxygen atoms in total. The van der Waals surface area contributed by atoms with Crippen molar-refractivity contribution in [3.63, 3.8) is 0 Å². The molecule has 0 unspecified atom stereocenters. The van der Waals surface area contributed by atoms with Crippen molar-refractivity contribution in [1.82, 2.24) is 0 Å². The molecule has 0 saturated heterocycles. The largest absolute Gasteiger partial charge is 0.493 e. The highest BCUT2D eigenvalue weighted by Crippen LogP contribution is 2.35. The lowest BCUT2D eigenvalue weighted by atomic mass is 10.0. The van der Waals surface area contributed by atoms with Crippen molar-refractivity contribution >= 4 is 11.4 Å². The van der Waals surface area contributed by atoms with Crippen LogP contribution in [0.3, 0.4) is 0 Å². The molecular formula is C17H14N4O2. The van der Waals surface area contributed by atoms with Crippen LogP contribution in [-0.4, -0.2) is 19.9 Å². The lowest BCUT2D eigenvalue weighted by Gasteiger charge is -2.12. The number of benzene rings is 2. The van der Waals surface area contributed by atoms with E-state index in [1.165, 1.54) is 0 Å². The first-order valence-corrected chi connectivity index (χ1v) is 6.68. The minimum atomic E-state index is -0.243. The summed E-state index contributed by atoms with van der Waals surface area (Å²) in [6.07, 6.45) is 0. The summed E-state index contributed by atoms with van der Waals surface area (Å²) in [6, 6.07) is 16.4. The van der Waals surface area contributed by atoms with Crippen LogP contribution in [0.15, 0.2) is 47.6 Å². The first kappa shape index (κ1) is 15.9. The van der Waals surface area contributed by atoms with Gasteiger partial charge in [0.2, 0.25) is 5.71 Å². The van der Waals surface area contributed by atoms with E-state index < -0.39 is 0 Å². The zero-order valence-corrected chi connectivity index (χ0v) is 12.7. The molecule has 0 atom stereocenters. The van der Waals surface area contributed by atoms with Crippen molar-refractivity contribution in [1.29, 1.82) is 10.5 Å². The van der Waals surface area contributed by atoms with E-state index in [4.69, 9.17) is 20.0 Å². The van der Waals surface area contributed by atoms with Gasteiger partial charge in [-0.05, 0) is 23.8 Å². The van der Waals surface area contributed by atoms with Crippen LogP contribution in [0.5, 0.6) is 11.5 Å². The third-order valence-corrected chi connectivity index (χ3v) is 3.12. The monoisotopic (exact) mass is 306 g/mol. The maximum Gasteiger partial charge on any atom is 0.237 e. The van der Waals surface area contributed by atoms with Crippen LogP contribution in [0.4, 0.5) is 5.69 Å². The Labute approximate surface area is 134 Å². The molecule has 2 aromatic carbocycles. The van der Waals surface area contributed by atoms with Gasteiger partial charge >= 0.3 is 0 Å². The van der Waals surface area contributed by atoms with E-state index in [-0.39, 0.29) is 5.71 Å². The van der Waals surface area contributed by atoms with Crippen molar-refractivity contribution in [3.8, 4) is 34.8 Å². The van der Waals surface area contributed by atoms with Crippen molar-refractivity contribution in [2.45, 2.75) is 0 Å². The Morgan fingerprint density at radius 3 is 2.35 bits per heavy atom. The maximum atomic E-state index is 8.74. The second-order valence-electron chi connectivity index (χ2n) is 4.41. The second-order valence-corrected chi connectivity index (χ2v) is 4.41. The molecule has 0 aliphatic heterocycles. The number of methoxy groups -OCH3 is 2. The highest BCUT2D eigenvalue weighted by molar-refractivity contribution is 6.10. The van der Waals surface area contributed by atoms with Crippen LogP contribution in [0.25, 0.3) is 11.1 Å². The van der Waals surface area contributed by atoms with Gasteiger partial charge in [0, 0.05) is 5.56 Å². The Bertz CT molecular complexity index is 800. The van der Waals surface area contributed by atoms with Crippen LogP contribution in [0.1, 0.15) is 0 Å². The number of hydrazone groups is 1. The molecule has 0 fully saturated rings. The van der Waals surface area contributed by atoms with Gasteiger partial charge in [-0.2, -0.15) is 15.6 Å². The van der Waals surface area contributed by atoms with Crippen LogP contribution >= 0.6 is 0 Å². The standard InChI is InChI=1S/C17H14N4O2/c1-22-16-8-7-12(9-17(16)23-2)14-5-3-4-6-15(14)21-20-13(10-18)11-19/h3-9,21H,1-2H3.